The highest BCUT2D eigenvalue weighted by Crippen LogP contribution is 2.09. The van der Waals surface area contributed by atoms with Crippen molar-refractivity contribution in [2.24, 2.45) is 0 Å². The van der Waals surface area contributed by atoms with E-state index in [1.54, 1.807) is 20.8 Å². The first-order valence-electron chi connectivity index (χ1n) is 5.01. The number of carbonyl (C=O) groups is 3. The monoisotopic (exact) mass is 226 g/mol. The molecule has 0 spiro atoms. The van der Waals surface area contributed by atoms with Gasteiger partial charge in [0.1, 0.15) is 11.4 Å². The Balaban J connectivity index is 4.23. The Kier molecular flexibility index (Phi) is 5.96. The maximum absolute atomic E-state index is 11.4. The van der Waals surface area contributed by atoms with Crippen LogP contribution >= 0.6 is 0 Å². The standard InChI is InChI=1S/C10H17BNO4/c1-7(14)8(12-11-6-13)5-9(15)16-10(2,3)4/h6,8,12H,5H2,1-4H3/t8-/m0/s1. The number of carbonyl (C=O) groups excluding carboxylic acids is 3. The summed E-state index contributed by atoms with van der Waals surface area (Å²) in [4.78, 5) is 32.7. The summed E-state index contributed by atoms with van der Waals surface area (Å²) in [6.45, 7) is 6.59. The lowest BCUT2D eigenvalue weighted by atomic mass is 9.94. The van der Waals surface area contributed by atoms with E-state index in [1.165, 1.54) is 6.92 Å². The molecule has 0 heterocycles. The minimum Gasteiger partial charge on any atom is -0.460 e. The summed E-state index contributed by atoms with van der Waals surface area (Å²) in [7, 11) is 1.09. The quantitative estimate of drug-likeness (QED) is 0.394. The lowest BCUT2D eigenvalue weighted by Gasteiger charge is -2.21. The summed E-state index contributed by atoms with van der Waals surface area (Å²) in [5, 5.41) is 2.54. The molecular weight excluding hydrogens is 209 g/mol. The molecular formula is C10H17BNO4. The minimum atomic E-state index is -0.708. The van der Waals surface area contributed by atoms with Crippen LogP contribution in [0.15, 0.2) is 0 Å². The average molecular weight is 226 g/mol. The van der Waals surface area contributed by atoms with Gasteiger partial charge in [0.2, 0.25) is 0 Å². The van der Waals surface area contributed by atoms with Crippen LogP contribution in [0.25, 0.3) is 0 Å². The molecule has 0 fully saturated rings. The van der Waals surface area contributed by atoms with Crippen molar-refractivity contribution in [1.29, 1.82) is 0 Å². The fraction of sp³-hybridized carbons (Fsp3) is 0.700. The van der Waals surface area contributed by atoms with Crippen LogP contribution in [0.1, 0.15) is 34.1 Å². The van der Waals surface area contributed by atoms with E-state index < -0.39 is 17.6 Å². The molecule has 0 bridgehead atoms. The van der Waals surface area contributed by atoms with E-state index in [0.29, 0.717) is 6.19 Å². The Labute approximate surface area is 96.2 Å². The fourth-order valence-corrected chi connectivity index (χ4v) is 1.03. The van der Waals surface area contributed by atoms with Gasteiger partial charge < -0.3 is 14.8 Å². The highest BCUT2D eigenvalue weighted by atomic mass is 16.6. The largest absolute Gasteiger partial charge is 0.460 e. The Hall–Kier alpha value is -1.17. The molecule has 0 aliphatic heterocycles. The number of ether oxygens (including phenoxy) is 1. The zero-order chi connectivity index (χ0) is 12.8. The van der Waals surface area contributed by atoms with E-state index in [9.17, 15) is 14.4 Å². The van der Waals surface area contributed by atoms with Gasteiger partial charge >= 0.3 is 5.97 Å². The molecule has 0 aliphatic carbocycles. The number of nitrogens with one attached hydrogen (secondary N) is 1. The normalized spacial score (nSPS) is 12.8. The summed E-state index contributed by atoms with van der Waals surface area (Å²) >= 11 is 0. The van der Waals surface area contributed by atoms with Crippen molar-refractivity contribution in [3.8, 4) is 0 Å². The molecule has 0 rings (SSSR count). The third kappa shape index (κ3) is 7.17. The summed E-state index contributed by atoms with van der Waals surface area (Å²) in [6.07, 6.45) is 0.433. The average Bonchev–Trinajstić information content (AvgIpc) is 2.08. The maximum atomic E-state index is 11.4. The van der Waals surface area contributed by atoms with Gasteiger partial charge in [-0.2, -0.15) is 0 Å². The van der Waals surface area contributed by atoms with Crippen LogP contribution in [0, 0.1) is 0 Å². The smallest absolute Gasteiger partial charge is 0.308 e. The van der Waals surface area contributed by atoms with E-state index >= 15 is 0 Å². The lowest BCUT2D eigenvalue weighted by Crippen LogP contribution is -2.41. The number of rotatable bonds is 6. The number of hydrogen-bond donors (Lipinski definition) is 1. The molecule has 6 heteroatoms. The van der Waals surface area contributed by atoms with Crippen LogP contribution in [0.4, 0.5) is 0 Å². The van der Waals surface area contributed by atoms with Gasteiger partial charge in [-0.3, -0.25) is 9.59 Å². The van der Waals surface area contributed by atoms with Crippen LogP contribution in [0.2, 0.25) is 0 Å². The maximum Gasteiger partial charge on any atom is 0.308 e. The Bertz CT molecular complexity index is 272. The number of Topliss-reactive ketones (excluding diaryl/α,β-unsaturated/α-hetero) is 1. The summed E-state index contributed by atoms with van der Waals surface area (Å²) in [5.74, 6) is -0.691. The van der Waals surface area contributed by atoms with Gasteiger partial charge in [-0.05, 0) is 27.7 Å². The van der Waals surface area contributed by atoms with Crippen molar-refractivity contribution >= 4 is 25.4 Å². The second-order valence-electron chi connectivity index (χ2n) is 4.42. The molecule has 89 valence electrons. The molecule has 1 radical (unpaired) electrons. The van der Waals surface area contributed by atoms with Crippen molar-refractivity contribution in [3.05, 3.63) is 0 Å². The number of ketones is 1. The van der Waals surface area contributed by atoms with Crippen molar-refractivity contribution in [2.75, 3.05) is 0 Å². The van der Waals surface area contributed by atoms with Crippen LogP contribution < -0.4 is 5.23 Å². The van der Waals surface area contributed by atoms with E-state index in [0.717, 1.165) is 7.41 Å². The zero-order valence-electron chi connectivity index (χ0n) is 10.1. The van der Waals surface area contributed by atoms with Gasteiger partial charge in [0.15, 0.2) is 0 Å². The number of hydrogen-bond acceptors (Lipinski definition) is 5. The van der Waals surface area contributed by atoms with Gasteiger partial charge in [0.25, 0.3) is 7.41 Å². The Morgan fingerprint density at radius 1 is 1.44 bits per heavy atom. The van der Waals surface area contributed by atoms with Crippen molar-refractivity contribution in [3.63, 3.8) is 0 Å². The third-order valence-electron chi connectivity index (χ3n) is 1.65. The third-order valence-corrected chi connectivity index (χ3v) is 1.65. The van der Waals surface area contributed by atoms with Crippen LogP contribution in [0.3, 0.4) is 0 Å². The van der Waals surface area contributed by atoms with E-state index in [2.05, 4.69) is 5.23 Å². The fourth-order valence-electron chi connectivity index (χ4n) is 1.03. The predicted molar refractivity (Wildman–Crippen MR) is 60.6 cm³/mol. The highest BCUT2D eigenvalue weighted by molar-refractivity contribution is 6.64. The highest BCUT2D eigenvalue weighted by Gasteiger charge is 2.22. The molecule has 0 aliphatic rings. The molecule has 0 aromatic rings. The zero-order valence-corrected chi connectivity index (χ0v) is 10.1. The first-order valence-corrected chi connectivity index (χ1v) is 5.01. The summed E-state index contributed by atoms with van der Waals surface area (Å²) in [6, 6.07) is -0.708. The van der Waals surface area contributed by atoms with Gasteiger partial charge in [-0.15, -0.1) is 0 Å². The molecule has 1 atom stereocenters. The second-order valence-corrected chi connectivity index (χ2v) is 4.42. The molecule has 5 nitrogen and oxygen atoms in total. The molecule has 0 saturated heterocycles. The Morgan fingerprint density at radius 3 is 2.38 bits per heavy atom. The van der Waals surface area contributed by atoms with Gasteiger partial charge in [-0.1, -0.05) is 0 Å². The topological polar surface area (TPSA) is 72.5 Å². The predicted octanol–water partition coefficient (Wildman–Crippen LogP) is 0.0748. The van der Waals surface area contributed by atoms with Crippen LogP contribution in [0.5, 0.6) is 0 Å². The van der Waals surface area contributed by atoms with Crippen molar-refractivity contribution in [2.45, 2.75) is 45.8 Å². The molecule has 0 unspecified atom stereocenters. The van der Waals surface area contributed by atoms with E-state index in [-0.39, 0.29) is 12.2 Å². The minimum absolute atomic E-state index is 0.0864. The molecule has 1 N–H and O–H groups in total. The van der Waals surface area contributed by atoms with Gasteiger partial charge in [-0.25, -0.2) is 0 Å². The summed E-state index contributed by atoms with van der Waals surface area (Å²) < 4.78 is 5.06. The van der Waals surface area contributed by atoms with Gasteiger partial charge in [0, 0.05) is 0 Å². The molecule has 0 aromatic carbocycles. The molecule has 0 aromatic heterocycles. The van der Waals surface area contributed by atoms with E-state index in [4.69, 9.17) is 4.74 Å². The Morgan fingerprint density at radius 2 is 2.00 bits per heavy atom. The molecule has 16 heavy (non-hydrogen) atoms. The summed E-state index contributed by atoms with van der Waals surface area (Å²) in [5.41, 5.74) is -0.577. The van der Waals surface area contributed by atoms with Crippen molar-refractivity contribution in [1.82, 2.24) is 5.23 Å². The molecule has 0 amide bonds. The first-order chi connectivity index (χ1) is 7.26. The second kappa shape index (κ2) is 6.42. The van der Waals surface area contributed by atoms with Crippen LogP contribution in [-0.2, 0) is 19.1 Å². The number of esters is 1. The van der Waals surface area contributed by atoms with E-state index in [1.807, 2.05) is 0 Å². The molecule has 0 saturated carbocycles. The SMILES string of the molecule is CC(=O)[C@H](CC(=O)OC(C)(C)C)N[B]C=O. The van der Waals surface area contributed by atoms with Gasteiger partial charge in [0.05, 0.1) is 18.6 Å². The first kappa shape index (κ1) is 14.8. The van der Waals surface area contributed by atoms with Crippen LogP contribution in [-0.4, -0.2) is 37.0 Å². The van der Waals surface area contributed by atoms with Crippen molar-refractivity contribution < 1.29 is 19.1 Å². The lowest BCUT2D eigenvalue weighted by molar-refractivity contribution is -0.156.